The predicted molar refractivity (Wildman–Crippen MR) is 53.1 cm³/mol. The van der Waals surface area contributed by atoms with Crippen molar-refractivity contribution in [2.45, 2.75) is 13.3 Å². The summed E-state index contributed by atoms with van der Waals surface area (Å²) in [6.07, 6.45) is 0.359. The monoisotopic (exact) mass is 214 g/mol. The van der Waals surface area contributed by atoms with Crippen molar-refractivity contribution in [2.75, 3.05) is 13.2 Å². The van der Waals surface area contributed by atoms with E-state index >= 15 is 0 Å². The molecule has 0 saturated heterocycles. The molecule has 0 aromatic rings. The van der Waals surface area contributed by atoms with Gasteiger partial charge in [0.2, 0.25) is 0 Å². The molecule has 0 aromatic heterocycles. The van der Waals surface area contributed by atoms with E-state index in [0.29, 0.717) is 12.0 Å². The van der Waals surface area contributed by atoms with Crippen LogP contribution in [0.1, 0.15) is 13.3 Å². The van der Waals surface area contributed by atoms with Gasteiger partial charge >= 0.3 is 11.9 Å². The highest BCUT2D eigenvalue weighted by Gasteiger charge is 2.06. The number of carbonyl (C=O) groups excluding carboxylic acids is 2. The summed E-state index contributed by atoms with van der Waals surface area (Å²) >= 11 is 0. The van der Waals surface area contributed by atoms with Crippen LogP contribution in [0.4, 0.5) is 0 Å². The van der Waals surface area contributed by atoms with Gasteiger partial charge in [-0.15, -0.1) is 0 Å². The van der Waals surface area contributed by atoms with Gasteiger partial charge in [0.1, 0.15) is 0 Å². The van der Waals surface area contributed by atoms with E-state index in [1.165, 1.54) is 6.92 Å². The fraction of sp³-hybridized carbons (Fsp3) is 0.400. The molecule has 0 aliphatic heterocycles. The SMILES string of the molecule is C=C(C)C(=O)OCCCOC(=O)C(=C)O. The topological polar surface area (TPSA) is 72.8 Å². The first-order chi connectivity index (χ1) is 6.95. The van der Waals surface area contributed by atoms with Crippen molar-refractivity contribution in [1.29, 1.82) is 0 Å². The molecule has 0 atom stereocenters. The highest BCUT2D eigenvalue weighted by Crippen LogP contribution is 1.95. The highest BCUT2D eigenvalue weighted by atomic mass is 16.6. The van der Waals surface area contributed by atoms with Crippen LogP contribution in [0.25, 0.3) is 0 Å². The molecule has 84 valence electrons. The lowest BCUT2D eigenvalue weighted by Gasteiger charge is -2.04. The summed E-state index contributed by atoms with van der Waals surface area (Å²) in [5.74, 6) is -2.00. The summed E-state index contributed by atoms with van der Waals surface area (Å²) in [5.41, 5.74) is 0.315. The molecule has 0 aliphatic rings. The molecule has 0 spiro atoms. The second kappa shape index (κ2) is 6.64. The van der Waals surface area contributed by atoms with Gasteiger partial charge in [0.25, 0.3) is 0 Å². The zero-order chi connectivity index (χ0) is 11.8. The van der Waals surface area contributed by atoms with Crippen LogP contribution in [0.3, 0.4) is 0 Å². The average molecular weight is 214 g/mol. The minimum absolute atomic E-state index is 0.0574. The van der Waals surface area contributed by atoms with E-state index in [0.717, 1.165) is 0 Å². The van der Waals surface area contributed by atoms with Crippen molar-refractivity contribution in [3.05, 3.63) is 24.5 Å². The van der Waals surface area contributed by atoms with Crippen LogP contribution in [0, 0.1) is 0 Å². The average Bonchev–Trinajstić information content (AvgIpc) is 2.16. The number of aliphatic hydroxyl groups is 1. The van der Waals surface area contributed by atoms with Gasteiger partial charge in [0.15, 0.2) is 5.76 Å². The van der Waals surface area contributed by atoms with Gasteiger partial charge in [0.05, 0.1) is 13.2 Å². The second-order valence-electron chi connectivity index (χ2n) is 2.85. The van der Waals surface area contributed by atoms with E-state index in [9.17, 15) is 9.59 Å². The molecule has 15 heavy (non-hydrogen) atoms. The molecular weight excluding hydrogens is 200 g/mol. The van der Waals surface area contributed by atoms with Crippen LogP contribution in [0.2, 0.25) is 0 Å². The maximum Gasteiger partial charge on any atom is 0.372 e. The van der Waals surface area contributed by atoms with Crippen molar-refractivity contribution in [2.24, 2.45) is 0 Å². The first kappa shape index (κ1) is 13.2. The number of hydrogen-bond donors (Lipinski definition) is 1. The summed E-state index contributed by atoms with van der Waals surface area (Å²) in [7, 11) is 0. The van der Waals surface area contributed by atoms with Crippen LogP contribution < -0.4 is 0 Å². The molecule has 0 bridgehead atoms. The van der Waals surface area contributed by atoms with Gasteiger partial charge in [-0.25, -0.2) is 9.59 Å². The van der Waals surface area contributed by atoms with E-state index in [4.69, 9.17) is 9.84 Å². The van der Waals surface area contributed by atoms with E-state index in [2.05, 4.69) is 17.9 Å². The highest BCUT2D eigenvalue weighted by molar-refractivity contribution is 5.86. The Morgan fingerprint density at radius 2 is 1.60 bits per heavy atom. The van der Waals surface area contributed by atoms with Gasteiger partial charge in [-0.05, 0) is 13.5 Å². The maximum absolute atomic E-state index is 10.9. The lowest BCUT2D eigenvalue weighted by Crippen LogP contribution is -2.11. The molecule has 1 N–H and O–H groups in total. The second-order valence-corrected chi connectivity index (χ2v) is 2.85. The maximum atomic E-state index is 10.9. The van der Waals surface area contributed by atoms with Gasteiger partial charge in [-0.3, -0.25) is 0 Å². The van der Waals surface area contributed by atoms with Crippen molar-refractivity contribution < 1.29 is 24.2 Å². The lowest BCUT2D eigenvalue weighted by atomic mass is 10.4. The molecule has 5 heteroatoms. The summed E-state index contributed by atoms with van der Waals surface area (Å²) in [5, 5.41) is 8.57. The minimum atomic E-state index is -0.874. The largest absolute Gasteiger partial charge is 0.502 e. The van der Waals surface area contributed by atoms with Crippen molar-refractivity contribution in [3.8, 4) is 0 Å². The van der Waals surface area contributed by atoms with Gasteiger partial charge in [-0.2, -0.15) is 0 Å². The molecule has 5 nitrogen and oxygen atoms in total. The number of ether oxygens (including phenoxy) is 2. The predicted octanol–water partition coefficient (Wildman–Crippen LogP) is 1.11. The number of aliphatic hydroxyl groups excluding tert-OH is 1. The molecule has 0 saturated carbocycles. The molecular formula is C10H14O5. The van der Waals surface area contributed by atoms with Crippen molar-refractivity contribution >= 4 is 11.9 Å². The molecule has 0 amide bonds. The van der Waals surface area contributed by atoms with E-state index < -0.39 is 17.7 Å². The molecule has 0 aliphatic carbocycles. The third-order valence-electron chi connectivity index (χ3n) is 1.34. The van der Waals surface area contributed by atoms with E-state index in [1.54, 1.807) is 0 Å². The molecule has 0 fully saturated rings. The number of rotatable bonds is 6. The third kappa shape index (κ3) is 6.31. The standard InChI is InChI=1S/C10H14O5/c1-7(2)9(12)14-5-4-6-15-10(13)8(3)11/h11H,1,3-6H2,2H3. The van der Waals surface area contributed by atoms with Crippen LogP contribution in [-0.4, -0.2) is 30.3 Å². The number of hydrogen-bond acceptors (Lipinski definition) is 5. The van der Waals surface area contributed by atoms with Crippen LogP contribution in [0.15, 0.2) is 24.5 Å². The summed E-state index contributed by atoms with van der Waals surface area (Å²) < 4.78 is 9.27. The summed E-state index contributed by atoms with van der Waals surface area (Å²) in [6.45, 7) is 8.12. The van der Waals surface area contributed by atoms with Crippen molar-refractivity contribution in [3.63, 3.8) is 0 Å². The zero-order valence-electron chi connectivity index (χ0n) is 8.62. The zero-order valence-corrected chi connectivity index (χ0v) is 8.62. The fourth-order valence-corrected chi connectivity index (χ4v) is 0.595. The molecule has 0 rings (SSSR count). The third-order valence-corrected chi connectivity index (χ3v) is 1.34. The first-order valence-electron chi connectivity index (χ1n) is 4.32. The first-order valence-corrected chi connectivity index (χ1v) is 4.32. The normalized spacial score (nSPS) is 9.13. The van der Waals surface area contributed by atoms with E-state index in [-0.39, 0.29) is 13.2 Å². The molecule has 0 aromatic carbocycles. The lowest BCUT2D eigenvalue weighted by molar-refractivity contribution is -0.143. The van der Waals surface area contributed by atoms with E-state index in [1.807, 2.05) is 0 Å². The summed E-state index contributed by atoms with van der Waals surface area (Å²) in [6, 6.07) is 0. The number of esters is 2. The molecule has 0 unspecified atom stereocenters. The van der Waals surface area contributed by atoms with Crippen LogP contribution in [-0.2, 0) is 19.1 Å². The Kier molecular flexibility index (Phi) is 5.85. The van der Waals surface area contributed by atoms with Crippen LogP contribution in [0.5, 0.6) is 0 Å². The Hall–Kier alpha value is -1.78. The van der Waals surface area contributed by atoms with Gasteiger partial charge in [-0.1, -0.05) is 6.58 Å². The number of carbonyl (C=O) groups is 2. The molecule has 0 heterocycles. The molecule has 0 radical (unpaired) electrons. The summed E-state index contributed by atoms with van der Waals surface area (Å²) in [4.78, 5) is 21.5. The van der Waals surface area contributed by atoms with Crippen molar-refractivity contribution in [1.82, 2.24) is 0 Å². The Morgan fingerprint density at radius 1 is 1.13 bits per heavy atom. The quantitative estimate of drug-likeness (QED) is 0.310. The van der Waals surface area contributed by atoms with Crippen LogP contribution >= 0.6 is 0 Å². The Bertz CT molecular complexity index is 252. The van der Waals surface area contributed by atoms with Gasteiger partial charge < -0.3 is 14.6 Å². The fourth-order valence-electron chi connectivity index (χ4n) is 0.595. The Morgan fingerprint density at radius 3 is 2.00 bits per heavy atom. The Balaban J connectivity index is 3.48. The van der Waals surface area contributed by atoms with Gasteiger partial charge in [0, 0.05) is 12.0 Å². The smallest absolute Gasteiger partial charge is 0.372 e. The minimum Gasteiger partial charge on any atom is -0.502 e. The Labute approximate surface area is 88.0 Å².